The van der Waals surface area contributed by atoms with Gasteiger partial charge in [-0.1, -0.05) is 54.1 Å². The van der Waals surface area contributed by atoms with Gasteiger partial charge in [0, 0.05) is 12.1 Å². The number of hydrogen-bond acceptors (Lipinski definition) is 5. The van der Waals surface area contributed by atoms with Gasteiger partial charge >= 0.3 is 0 Å². The number of carbonyl (C=O) groups excluding carboxylic acids is 2. The van der Waals surface area contributed by atoms with E-state index in [4.69, 9.17) is 4.74 Å². The van der Waals surface area contributed by atoms with Crippen molar-refractivity contribution in [2.75, 3.05) is 13.2 Å². The summed E-state index contributed by atoms with van der Waals surface area (Å²) in [5, 5.41) is 21.6. The molecule has 1 aliphatic rings. The van der Waals surface area contributed by atoms with Crippen LogP contribution in [0, 0.1) is 13.8 Å². The molecule has 0 aromatic heterocycles. The van der Waals surface area contributed by atoms with Crippen LogP contribution in [0.4, 0.5) is 0 Å². The summed E-state index contributed by atoms with van der Waals surface area (Å²) in [6, 6.07) is 19.3. The van der Waals surface area contributed by atoms with Crippen molar-refractivity contribution in [3.63, 3.8) is 0 Å². The summed E-state index contributed by atoms with van der Waals surface area (Å²) in [5.41, 5.74) is 3.87. The van der Waals surface area contributed by atoms with E-state index in [1.165, 1.54) is 11.0 Å². The van der Waals surface area contributed by atoms with Gasteiger partial charge in [-0.3, -0.25) is 9.59 Å². The van der Waals surface area contributed by atoms with E-state index in [0.717, 1.165) is 16.7 Å². The Balaban J connectivity index is 1.85. The quantitative estimate of drug-likeness (QED) is 0.285. The summed E-state index contributed by atoms with van der Waals surface area (Å²) in [5.74, 6) is -1.38. The molecular formula is C29H29NO5. The van der Waals surface area contributed by atoms with Crippen molar-refractivity contribution in [1.82, 2.24) is 4.90 Å². The van der Waals surface area contributed by atoms with Gasteiger partial charge in [-0.15, -0.1) is 0 Å². The van der Waals surface area contributed by atoms with E-state index in [1.807, 2.05) is 62.4 Å². The number of aliphatic hydroxyl groups excluding tert-OH is 1. The Bertz CT molecular complexity index is 1300. The number of rotatable bonds is 7. The standard InChI is InChI=1S/C29H29NO5/c1-4-35-24-17-21(12-13-23(24)31)26-25(27(32)22-16-18(2)10-11-19(22)3)28(33)29(34)30(26)15-14-20-8-6-5-7-9-20/h5-13,16-17,26,31-32H,4,14-15H2,1-3H3. The zero-order valence-corrected chi connectivity index (χ0v) is 20.1. The summed E-state index contributed by atoms with van der Waals surface area (Å²) in [7, 11) is 0. The van der Waals surface area contributed by atoms with E-state index < -0.39 is 17.7 Å². The molecule has 3 aromatic rings. The van der Waals surface area contributed by atoms with Gasteiger partial charge in [0.25, 0.3) is 11.7 Å². The number of Topliss-reactive ketones (excluding diaryl/α,β-unsaturated/α-hetero) is 1. The van der Waals surface area contributed by atoms with Crippen molar-refractivity contribution in [3.8, 4) is 11.5 Å². The van der Waals surface area contributed by atoms with Gasteiger partial charge in [0.15, 0.2) is 11.5 Å². The molecule has 6 heteroatoms. The molecule has 1 amide bonds. The molecular weight excluding hydrogens is 442 g/mol. The van der Waals surface area contributed by atoms with Gasteiger partial charge in [0.1, 0.15) is 5.76 Å². The lowest BCUT2D eigenvalue weighted by molar-refractivity contribution is -0.139. The molecule has 3 aromatic carbocycles. The molecule has 2 N–H and O–H groups in total. The zero-order chi connectivity index (χ0) is 25.1. The molecule has 1 heterocycles. The predicted molar refractivity (Wildman–Crippen MR) is 134 cm³/mol. The Kier molecular flexibility index (Phi) is 6.92. The highest BCUT2D eigenvalue weighted by molar-refractivity contribution is 6.46. The van der Waals surface area contributed by atoms with Crippen LogP contribution in [-0.4, -0.2) is 40.0 Å². The third-order valence-electron chi connectivity index (χ3n) is 6.27. The number of nitrogens with zero attached hydrogens (tertiary/aromatic N) is 1. The molecule has 0 aliphatic carbocycles. The molecule has 6 nitrogen and oxygen atoms in total. The predicted octanol–water partition coefficient (Wildman–Crippen LogP) is 5.07. The molecule has 180 valence electrons. The van der Waals surface area contributed by atoms with Gasteiger partial charge in [-0.2, -0.15) is 0 Å². The molecule has 4 rings (SSSR count). The summed E-state index contributed by atoms with van der Waals surface area (Å²) < 4.78 is 5.55. The average Bonchev–Trinajstić information content (AvgIpc) is 3.11. The van der Waals surface area contributed by atoms with Gasteiger partial charge in [-0.05, 0) is 62.1 Å². The summed E-state index contributed by atoms with van der Waals surface area (Å²) in [6.07, 6.45) is 0.546. The van der Waals surface area contributed by atoms with Crippen LogP contribution in [0.5, 0.6) is 11.5 Å². The molecule has 1 aliphatic heterocycles. The lowest BCUT2D eigenvalue weighted by Gasteiger charge is -2.26. The van der Waals surface area contributed by atoms with Crippen LogP contribution in [0.2, 0.25) is 0 Å². The second-order valence-electron chi connectivity index (χ2n) is 8.71. The van der Waals surface area contributed by atoms with Gasteiger partial charge in [0.05, 0.1) is 18.2 Å². The second-order valence-corrected chi connectivity index (χ2v) is 8.71. The molecule has 1 atom stereocenters. The molecule has 1 unspecified atom stereocenters. The number of likely N-dealkylation sites (tertiary alicyclic amines) is 1. The van der Waals surface area contributed by atoms with E-state index in [0.29, 0.717) is 24.2 Å². The van der Waals surface area contributed by atoms with Gasteiger partial charge in [-0.25, -0.2) is 0 Å². The average molecular weight is 472 g/mol. The molecule has 35 heavy (non-hydrogen) atoms. The Morgan fingerprint density at radius 1 is 1.00 bits per heavy atom. The smallest absolute Gasteiger partial charge is 0.295 e. The van der Waals surface area contributed by atoms with Crippen LogP contribution in [0.25, 0.3) is 5.76 Å². The van der Waals surface area contributed by atoms with Crippen LogP contribution in [0.1, 0.15) is 40.8 Å². The van der Waals surface area contributed by atoms with Crippen LogP contribution in [0.15, 0.2) is 72.3 Å². The van der Waals surface area contributed by atoms with Crippen molar-refractivity contribution in [3.05, 3.63) is 100 Å². The second kappa shape index (κ2) is 10.1. The van der Waals surface area contributed by atoms with Crippen molar-refractivity contribution < 1.29 is 24.5 Å². The van der Waals surface area contributed by atoms with Crippen LogP contribution < -0.4 is 4.74 Å². The lowest BCUT2D eigenvalue weighted by Crippen LogP contribution is -2.31. The highest BCUT2D eigenvalue weighted by atomic mass is 16.5. The van der Waals surface area contributed by atoms with Crippen molar-refractivity contribution in [2.24, 2.45) is 0 Å². The number of ketones is 1. The minimum atomic E-state index is -0.821. The minimum absolute atomic E-state index is 0.0323. The van der Waals surface area contributed by atoms with E-state index in [9.17, 15) is 19.8 Å². The number of aryl methyl sites for hydroxylation is 2. The van der Waals surface area contributed by atoms with E-state index in [2.05, 4.69) is 0 Å². The SMILES string of the molecule is CCOc1cc(C2C(=C(O)c3cc(C)ccc3C)C(=O)C(=O)N2CCc2ccccc2)ccc1O. The summed E-state index contributed by atoms with van der Waals surface area (Å²) in [4.78, 5) is 28.0. The van der Waals surface area contributed by atoms with Crippen LogP contribution in [-0.2, 0) is 16.0 Å². The first kappa shape index (κ1) is 24.1. The number of aromatic hydroxyl groups is 1. The first-order valence-electron chi connectivity index (χ1n) is 11.7. The molecule has 1 fully saturated rings. The lowest BCUT2D eigenvalue weighted by atomic mass is 9.93. The van der Waals surface area contributed by atoms with Crippen molar-refractivity contribution >= 4 is 17.4 Å². The van der Waals surface area contributed by atoms with Gasteiger partial charge < -0.3 is 19.8 Å². The Morgan fingerprint density at radius 3 is 2.46 bits per heavy atom. The fourth-order valence-corrected chi connectivity index (χ4v) is 4.46. The molecule has 0 spiro atoms. The third kappa shape index (κ3) is 4.78. The fourth-order valence-electron chi connectivity index (χ4n) is 4.46. The molecule has 0 radical (unpaired) electrons. The van der Waals surface area contributed by atoms with E-state index >= 15 is 0 Å². The maximum absolute atomic E-state index is 13.3. The van der Waals surface area contributed by atoms with Crippen LogP contribution >= 0.6 is 0 Å². The first-order chi connectivity index (χ1) is 16.8. The monoisotopic (exact) mass is 471 g/mol. The van der Waals surface area contributed by atoms with Gasteiger partial charge in [0.2, 0.25) is 0 Å². The number of phenols is 1. The topological polar surface area (TPSA) is 87.1 Å². The van der Waals surface area contributed by atoms with Crippen molar-refractivity contribution in [2.45, 2.75) is 33.2 Å². The van der Waals surface area contributed by atoms with E-state index in [-0.39, 0.29) is 29.4 Å². The number of benzene rings is 3. The summed E-state index contributed by atoms with van der Waals surface area (Å²) in [6.45, 7) is 6.18. The Morgan fingerprint density at radius 2 is 1.74 bits per heavy atom. The Hall–Kier alpha value is -4.06. The number of phenolic OH excluding ortho intramolecular Hbond substituents is 1. The first-order valence-corrected chi connectivity index (χ1v) is 11.7. The third-order valence-corrected chi connectivity index (χ3v) is 6.27. The highest BCUT2D eigenvalue weighted by Crippen LogP contribution is 2.42. The normalized spacial score (nSPS) is 17.1. The maximum atomic E-state index is 13.3. The van der Waals surface area contributed by atoms with Crippen molar-refractivity contribution in [1.29, 1.82) is 0 Å². The fraction of sp³-hybridized carbons (Fsp3) is 0.241. The number of aliphatic hydroxyl groups is 1. The number of carbonyl (C=O) groups is 2. The minimum Gasteiger partial charge on any atom is -0.507 e. The molecule has 0 bridgehead atoms. The highest BCUT2D eigenvalue weighted by Gasteiger charge is 2.46. The Labute approximate surface area is 205 Å². The molecule has 1 saturated heterocycles. The zero-order valence-electron chi connectivity index (χ0n) is 20.1. The summed E-state index contributed by atoms with van der Waals surface area (Å²) >= 11 is 0. The number of ether oxygens (including phenoxy) is 1. The molecule has 0 saturated carbocycles. The van der Waals surface area contributed by atoms with E-state index in [1.54, 1.807) is 19.1 Å². The largest absolute Gasteiger partial charge is 0.507 e. The number of amides is 1. The maximum Gasteiger partial charge on any atom is 0.295 e. The van der Waals surface area contributed by atoms with Crippen LogP contribution in [0.3, 0.4) is 0 Å². The number of hydrogen-bond donors (Lipinski definition) is 2.